The molecule has 4 rings (SSSR count). The highest BCUT2D eigenvalue weighted by Crippen LogP contribution is 2.30. The van der Waals surface area contributed by atoms with Gasteiger partial charge < -0.3 is 9.64 Å². The molecule has 1 amide bonds. The third kappa shape index (κ3) is 3.31. The highest BCUT2D eigenvalue weighted by atomic mass is 16.5. The zero-order chi connectivity index (χ0) is 18.8. The lowest BCUT2D eigenvalue weighted by atomic mass is 10.1. The second kappa shape index (κ2) is 7.03. The van der Waals surface area contributed by atoms with Gasteiger partial charge >= 0.3 is 5.97 Å². The summed E-state index contributed by atoms with van der Waals surface area (Å²) in [6, 6.07) is 15.1. The number of anilines is 1. The summed E-state index contributed by atoms with van der Waals surface area (Å²) in [6.45, 7) is 1.10. The largest absolute Gasteiger partial charge is 0.465 e. The van der Waals surface area contributed by atoms with Crippen LogP contribution < -0.4 is 4.90 Å². The molecule has 1 aromatic heterocycles. The summed E-state index contributed by atoms with van der Waals surface area (Å²) in [6.07, 6.45) is 2.35. The summed E-state index contributed by atoms with van der Waals surface area (Å²) in [7, 11) is 1.35. The second-order valence-corrected chi connectivity index (χ2v) is 6.33. The molecule has 0 N–H and O–H groups in total. The smallest absolute Gasteiger partial charge is 0.337 e. The van der Waals surface area contributed by atoms with Crippen molar-refractivity contribution in [3.63, 3.8) is 0 Å². The van der Waals surface area contributed by atoms with Crippen LogP contribution in [0.25, 0.3) is 0 Å². The third-order valence-electron chi connectivity index (χ3n) is 4.59. The zero-order valence-corrected chi connectivity index (χ0v) is 14.8. The molecule has 27 heavy (non-hydrogen) atoms. The van der Waals surface area contributed by atoms with Crippen molar-refractivity contribution in [3.05, 3.63) is 77.1 Å². The number of carbonyl (C=O) groups is 2. The van der Waals surface area contributed by atoms with Crippen LogP contribution in [0.15, 0.2) is 54.7 Å². The first-order valence-corrected chi connectivity index (χ1v) is 8.63. The molecule has 0 atom stereocenters. The molecule has 7 heteroatoms. The molecule has 0 fully saturated rings. The van der Waals surface area contributed by atoms with E-state index in [1.165, 1.54) is 7.11 Å². The fourth-order valence-electron chi connectivity index (χ4n) is 3.24. The van der Waals surface area contributed by atoms with E-state index in [1.807, 2.05) is 30.3 Å². The lowest BCUT2D eigenvalue weighted by Crippen LogP contribution is -2.29. The zero-order valence-electron chi connectivity index (χ0n) is 14.8. The molecule has 0 spiro atoms. The quantitative estimate of drug-likeness (QED) is 0.666. The topological polar surface area (TPSA) is 77.3 Å². The Bertz CT molecular complexity index is 997. The van der Waals surface area contributed by atoms with Crippen LogP contribution in [0.3, 0.4) is 0 Å². The first kappa shape index (κ1) is 17.0. The molecule has 2 heterocycles. The van der Waals surface area contributed by atoms with Gasteiger partial charge in [-0.1, -0.05) is 35.5 Å². The lowest BCUT2D eigenvalue weighted by molar-refractivity contribution is 0.0600. The number of nitrogens with zero attached hydrogens (tertiary/aromatic N) is 4. The van der Waals surface area contributed by atoms with Crippen LogP contribution in [0.1, 0.15) is 32.0 Å². The van der Waals surface area contributed by atoms with Gasteiger partial charge in [-0.3, -0.25) is 4.79 Å². The number of ether oxygens (including phenoxy) is 1. The van der Waals surface area contributed by atoms with E-state index in [9.17, 15) is 9.59 Å². The Balaban J connectivity index is 1.53. The van der Waals surface area contributed by atoms with E-state index in [-0.39, 0.29) is 11.9 Å². The number of carbonyl (C=O) groups excluding carboxylic acids is 2. The maximum atomic E-state index is 12.9. The average molecular weight is 362 g/mol. The van der Waals surface area contributed by atoms with Crippen LogP contribution in [-0.2, 0) is 17.7 Å². The van der Waals surface area contributed by atoms with E-state index in [1.54, 1.807) is 34.0 Å². The van der Waals surface area contributed by atoms with Crippen LogP contribution in [0.4, 0.5) is 5.69 Å². The summed E-state index contributed by atoms with van der Waals surface area (Å²) in [5, 5.41) is 8.10. The Kier molecular flexibility index (Phi) is 4.42. The molecule has 0 radical (unpaired) electrons. The van der Waals surface area contributed by atoms with Crippen molar-refractivity contribution in [2.45, 2.75) is 13.0 Å². The Morgan fingerprint density at radius 1 is 1.15 bits per heavy atom. The highest BCUT2D eigenvalue weighted by Gasteiger charge is 2.28. The minimum atomic E-state index is -0.383. The SMILES string of the molecule is COC(=O)c1ccc2c(c1)CCN2C(=O)c1cn(Cc2ccccc2)nn1. The number of hydrogen-bond donors (Lipinski definition) is 0. The van der Waals surface area contributed by atoms with Crippen molar-refractivity contribution in [3.8, 4) is 0 Å². The molecular formula is C20H18N4O3. The molecule has 0 aliphatic carbocycles. The normalized spacial score (nSPS) is 12.7. The van der Waals surface area contributed by atoms with E-state index in [0.717, 1.165) is 16.8 Å². The first-order chi connectivity index (χ1) is 13.2. The molecule has 1 aliphatic heterocycles. The number of rotatable bonds is 4. The van der Waals surface area contributed by atoms with Crippen molar-refractivity contribution in [2.75, 3.05) is 18.6 Å². The lowest BCUT2D eigenvalue weighted by Gasteiger charge is -2.15. The van der Waals surface area contributed by atoms with E-state index in [0.29, 0.717) is 30.8 Å². The molecule has 0 saturated carbocycles. The fourth-order valence-corrected chi connectivity index (χ4v) is 3.24. The predicted molar refractivity (Wildman–Crippen MR) is 98.7 cm³/mol. The summed E-state index contributed by atoms with van der Waals surface area (Å²) >= 11 is 0. The average Bonchev–Trinajstić information content (AvgIpc) is 3.34. The number of methoxy groups -OCH3 is 1. The molecule has 1 aliphatic rings. The van der Waals surface area contributed by atoms with E-state index in [2.05, 4.69) is 10.3 Å². The van der Waals surface area contributed by atoms with Gasteiger partial charge in [0.15, 0.2) is 5.69 Å². The Hall–Kier alpha value is -3.48. The second-order valence-electron chi connectivity index (χ2n) is 6.33. The fraction of sp³-hybridized carbons (Fsp3) is 0.200. The van der Waals surface area contributed by atoms with Crippen molar-refractivity contribution < 1.29 is 14.3 Å². The van der Waals surface area contributed by atoms with Gasteiger partial charge in [0.25, 0.3) is 5.91 Å². The van der Waals surface area contributed by atoms with Crippen LogP contribution in [0, 0.1) is 0 Å². The van der Waals surface area contributed by atoms with Gasteiger partial charge in [0.2, 0.25) is 0 Å². The summed E-state index contributed by atoms with van der Waals surface area (Å²) in [4.78, 5) is 26.2. The van der Waals surface area contributed by atoms with Gasteiger partial charge in [-0.05, 0) is 35.7 Å². The van der Waals surface area contributed by atoms with Gasteiger partial charge in [-0.25, -0.2) is 9.48 Å². The van der Waals surface area contributed by atoms with Crippen LogP contribution in [-0.4, -0.2) is 40.5 Å². The van der Waals surface area contributed by atoms with Crippen molar-refractivity contribution >= 4 is 17.6 Å². The minimum absolute atomic E-state index is 0.195. The molecule has 2 aromatic carbocycles. The van der Waals surface area contributed by atoms with Gasteiger partial charge in [0, 0.05) is 12.2 Å². The maximum Gasteiger partial charge on any atom is 0.337 e. The summed E-state index contributed by atoms with van der Waals surface area (Å²) < 4.78 is 6.40. The summed E-state index contributed by atoms with van der Waals surface area (Å²) in [5.41, 5.74) is 3.62. The van der Waals surface area contributed by atoms with E-state index < -0.39 is 0 Å². The monoisotopic (exact) mass is 362 g/mol. The van der Waals surface area contributed by atoms with Gasteiger partial charge in [-0.15, -0.1) is 5.10 Å². The van der Waals surface area contributed by atoms with Gasteiger partial charge in [0.05, 0.1) is 25.4 Å². The Morgan fingerprint density at radius 3 is 2.74 bits per heavy atom. The number of fused-ring (bicyclic) bond motifs is 1. The molecule has 0 unspecified atom stereocenters. The maximum absolute atomic E-state index is 12.9. The van der Waals surface area contributed by atoms with E-state index >= 15 is 0 Å². The number of hydrogen-bond acceptors (Lipinski definition) is 5. The van der Waals surface area contributed by atoms with Crippen LogP contribution >= 0.6 is 0 Å². The molecule has 0 saturated heterocycles. The minimum Gasteiger partial charge on any atom is -0.465 e. The molecular weight excluding hydrogens is 344 g/mol. The van der Waals surface area contributed by atoms with Crippen molar-refractivity contribution in [1.82, 2.24) is 15.0 Å². The third-order valence-corrected chi connectivity index (χ3v) is 4.59. The first-order valence-electron chi connectivity index (χ1n) is 8.63. The number of esters is 1. The van der Waals surface area contributed by atoms with Crippen LogP contribution in [0.2, 0.25) is 0 Å². The summed E-state index contributed by atoms with van der Waals surface area (Å²) in [5.74, 6) is -0.578. The Labute approximate surface area is 156 Å². The van der Waals surface area contributed by atoms with Crippen LogP contribution in [0.5, 0.6) is 0 Å². The number of aromatic nitrogens is 3. The molecule has 0 bridgehead atoms. The van der Waals surface area contributed by atoms with Crippen molar-refractivity contribution in [1.29, 1.82) is 0 Å². The molecule has 7 nitrogen and oxygen atoms in total. The number of amides is 1. The van der Waals surface area contributed by atoms with Gasteiger partial charge in [-0.2, -0.15) is 0 Å². The van der Waals surface area contributed by atoms with E-state index in [4.69, 9.17) is 4.74 Å². The Morgan fingerprint density at radius 2 is 1.96 bits per heavy atom. The number of benzene rings is 2. The predicted octanol–water partition coefficient (Wildman–Crippen LogP) is 2.32. The highest BCUT2D eigenvalue weighted by molar-refractivity contribution is 6.06. The standard InChI is InChI=1S/C20H18N4O3/c1-27-20(26)16-7-8-18-15(11-16)9-10-24(18)19(25)17-13-23(22-21-17)12-14-5-3-2-4-6-14/h2-8,11,13H,9-10,12H2,1H3. The van der Waals surface area contributed by atoms with Gasteiger partial charge in [0.1, 0.15) is 0 Å². The van der Waals surface area contributed by atoms with Crippen molar-refractivity contribution in [2.24, 2.45) is 0 Å². The molecule has 136 valence electrons. The molecule has 3 aromatic rings.